The molecule has 0 atom stereocenters. The van der Waals surface area contributed by atoms with Crippen LogP contribution in [0.5, 0.6) is 11.5 Å². The van der Waals surface area contributed by atoms with Crippen molar-refractivity contribution in [2.24, 2.45) is 0 Å². The lowest BCUT2D eigenvalue weighted by molar-refractivity contribution is 0.0951. The van der Waals surface area contributed by atoms with E-state index in [1.54, 1.807) is 22.8 Å². The number of rotatable bonds is 7. The summed E-state index contributed by atoms with van der Waals surface area (Å²) >= 11 is 0. The second-order valence-electron chi connectivity index (χ2n) is 8.16. The fourth-order valence-corrected chi connectivity index (χ4v) is 4.18. The zero-order valence-electron chi connectivity index (χ0n) is 19.7. The van der Waals surface area contributed by atoms with Crippen LogP contribution in [0.3, 0.4) is 0 Å². The predicted octanol–water partition coefficient (Wildman–Crippen LogP) is 3.89. The third-order valence-corrected chi connectivity index (χ3v) is 6.06. The van der Waals surface area contributed by atoms with Gasteiger partial charge in [-0.2, -0.15) is 0 Å². The Hall–Kier alpha value is -4.33. The molecular formula is C27H26N4O4. The lowest BCUT2D eigenvalue weighted by Crippen LogP contribution is -2.32. The minimum Gasteiger partial charge on any atom is -0.454 e. The van der Waals surface area contributed by atoms with Gasteiger partial charge < -0.3 is 19.7 Å². The molecule has 1 aliphatic heterocycles. The van der Waals surface area contributed by atoms with Gasteiger partial charge >= 0.3 is 0 Å². The number of nitrogens with one attached hydrogen (secondary N) is 1. The molecule has 0 saturated heterocycles. The van der Waals surface area contributed by atoms with E-state index in [2.05, 4.69) is 5.32 Å². The quantitative estimate of drug-likeness (QED) is 0.441. The largest absolute Gasteiger partial charge is 0.454 e. The number of benzene rings is 3. The van der Waals surface area contributed by atoms with E-state index in [0.717, 1.165) is 11.3 Å². The topological polar surface area (TPSA) is 85.7 Å². The Bertz CT molecular complexity index is 1450. The van der Waals surface area contributed by atoms with E-state index < -0.39 is 0 Å². The first kappa shape index (κ1) is 22.5. The number of nitrogens with zero attached hydrogens (tertiary/aromatic N) is 3. The maximum Gasteiger partial charge on any atom is 0.267 e. The number of carbonyl (C=O) groups excluding carboxylic acids is 1. The lowest BCUT2D eigenvalue weighted by Gasteiger charge is -2.24. The molecule has 0 radical (unpaired) electrons. The minimum atomic E-state index is -0.247. The molecule has 1 aromatic heterocycles. The number of amides is 1. The zero-order valence-corrected chi connectivity index (χ0v) is 19.7. The molecule has 1 N–H and O–H groups in total. The molecule has 4 aromatic rings. The summed E-state index contributed by atoms with van der Waals surface area (Å²) in [5.41, 5.74) is 2.40. The fraction of sp³-hybridized carbons (Fsp3) is 0.222. The molecule has 5 rings (SSSR count). The number of hydrogen-bond acceptors (Lipinski definition) is 6. The summed E-state index contributed by atoms with van der Waals surface area (Å²) in [6.07, 6.45) is 0. The molecule has 0 saturated carbocycles. The summed E-state index contributed by atoms with van der Waals surface area (Å²) < 4.78 is 12.4. The minimum absolute atomic E-state index is 0.171. The van der Waals surface area contributed by atoms with Gasteiger partial charge in [0, 0.05) is 25.2 Å². The highest BCUT2D eigenvalue weighted by Gasteiger charge is 2.18. The van der Waals surface area contributed by atoms with E-state index in [1.807, 2.05) is 67.3 Å². The number of ether oxygens (including phenoxy) is 2. The third-order valence-electron chi connectivity index (χ3n) is 6.06. The van der Waals surface area contributed by atoms with Crippen LogP contribution in [0.2, 0.25) is 0 Å². The van der Waals surface area contributed by atoms with Gasteiger partial charge in [0.05, 0.1) is 16.6 Å². The normalized spacial score (nSPS) is 12.1. The fourth-order valence-electron chi connectivity index (χ4n) is 4.18. The Labute approximate surface area is 202 Å². The number of para-hydroxylation sites is 1. The highest BCUT2D eigenvalue weighted by Crippen LogP contribution is 2.32. The number of aromatic nitrogens is 2. The maximum atomic E-state index is 13.5. The molecular weight excluding hydrogens is 444 g/mol. The van der Waals surface area contributed by atoms with Gasteiger partial charge in [-0.05, 0) is 61.9 Å². The van der Waals surface area contributed by atoms with E-state index in [4.69, 9.17) is 14.5 Å². The van der Waals surface area contributed by atoms with E-state index in [-0.39, 0.29) is 18.3 Å². The molecule has 0 bridgehead atoms. The van der Waals surface area contributed by atoms with Crippen molar-refractivity contribution in [3.8, 4) is 17.2 Å². The summed E-state index contributed by atoms with van der Waals surface area (Å²) in [7, 11) is 0. The molecule has 1 aliphatic rings. The van der Waals surface area contributed by atoms with Gasteiger partial charge in [0.15, 0.2) is 11.5 Å². The third kappa shape index (κ3) is 4.30. The Morgan fingerprint density at radius 1 is 1.00 bits per heavy atom. The second kappa shape index (κ2) is 9.50. The summed E-state index contributed by atoms with van der Waals surface area (Å²) in [4.78, 5) is 33.3. The van der Waals surface area contributed by atoms with Crippen LogP contribution in [0.1, 0.15) is 29.8 Å². The lowest BCUT2D eigenvalue weighted by atomic mass is 10.1. The van der Waals surface area contributed by atoms with Crippen molar-refractivity contribution in [2.75, 3.05) is 24.8 Å². The van der Waals surface area contributed by atoms with Crippen molar-refractivity contribution in [3.63, 3.8) is 0 Å². The van der Waals surface area contributed by atoms with E-state index in [0.29, 0.717) is 53.5 Å². The molecule has 8 heteroatoms. The first-order valence-corrected chi connectivity index (χ1v) is 11.6. The van der Waals surface area contributed by atoms with Gasteiger partial charge in [-0.25, -0.2) is 9.55 Å². The Kier molecular flexibility index (Phi) is 6.10. The first-order chi connectivity index (χ1) is 17.1. The molecule has 1 amide bonds. The van der Waals surface area contributed by atoms with Crippen LogP contribution in [0.25, 0.3) is 16.6 Å². The zero-order chi connectivity index (χ0) is 24.4. The van der Waals surface area contributed by atoms with Gasteiger partial charge in [-0.15, -0.1) is 0 Å². The Balaban J connectivity index is 1.48. The summed E-state index contributed by atoms with van der Waals surface area (Å²) in [6, 6.07) is 20.1. The summed E-state index contributed by atoms with van der Waals surface area (Å²) in [5, 5.41) is 3.38. The number of hydrogen-bond donors (Lipinski definition) is 1. The average molecular weight is 471 g/mol. The predicted molar refractivity (Wildman–Crippen MR) is 135 cm³/mol. The van der Waals surface area contributed by atoms with Crippen molar-refractivity contribution in [1.29, 1.82) is 0 Å². The van der Waals surface area contributed by atoms with Crippen molar-refractivity contribution >= 4 is 22.8 Å². The van der Waals surface area contributed by atoms with Crippen LogP contribution in [0, 0.1) is 0 Å². The van der Waals surface area contributed by atoms with Crippen LogP contribution in [-0.4, -0.2) is 35.3 Å². The highest BCUT2D eigenvalue weighted by atomic mass is 16.7. The van der Waals surface area contributed by atoms with Crippen LogP contribution < -0.4 is 25.2 Å². The molecule has 8 nitrogen and oxygen atoms in total. The smallest absolute Gasteiger partial charge is 0.267 e. The van der Waals surface area contributed by atoms with E-state index in [1.165, 1.54) is 0 Å². The van der Waals surface area contributed by atoms with Crippen molar-refractivity contribution in [2.45, 2.75) is 20.4 Å². The van der Waals surface area contributed by atoms with E-state index >= 15 is 0 Å². The van der Waals surface area contributed by atoms with Gasteiger partial charge in [0.1, 0.15) is 0 Å². The molecule has 178 valence electrons. The van der Waals surface area contributed by atoms with Gasteiger partial charge in [0.25, 0.3) is 11.5 Å². The Morgan fingerprint density at radius 3 is 2.54 bits per heavy atom. The Morgan fingerprint density at radius 2 is 1.77 bits per heavy atom. The van der Waals surface area contributed by atoms with Gasteiger partial charge in [-0.3, -0.25) is 9.59 Å². The molecule has 0 unspecified atom stereocenters. The number of fused-ring (bicyclic) bond motifs is 2. The monoisotopic (exact) mass is 470 g/mol. The van der Waals surface area contributed by atoms with Crippen molar-refractivity contribution in [3.05, 3.63) is 88.2 Å². The standard InChI is InChI=1S/C27H26N4O4/c1-3-30(4-2)27-29-22-15-19(11-12-21(22)26(33)31(27)20-8-6-5-7-9-20)25(32)28-16-18-10-13-23-24(14-18)35-17-34-23/h5-15H,3-4,16-17H2,1-2H3,(H,28,32). The summed E-state index contributed by atoms with van der Waals surface area (Å²) in [6.45, 7) is 5.97. The van der Waals surface area contributed by atoms with Crippen LogP contribution >= 0.6 is 0 Å². The van der Waals surface area contributed by atoms with Crippen LogP contribution in [-0.2, 0) is 6.54 Å². The molecule has 2 heterocycles. The van der Waals surface area contributed by atoms with Crippen LogP contribution in [0.4, 0.5) is 5.95 Å². The van der Waals surface area contributed by atoms with Crippen LogP contribution in [0.15, 0.2) is 71.5 Å². The maximum absolute atomic E-state index is 13.5. The summed E-state index contributed by atoms with van der Waals surface area (Å²) in [5.74, 6) is 1.68. The van der Waals surface area contributed by atoms with E-state index in [9.17, 15) is 9.59 Å². The van der Waals surface area contributed by atoms with Gasteiger partial charge in [0.2, 0.25) is 12.7 Å². The highest BCUT2D eigenvalue weighted by molar-refractivity contribution is 5.97. The molecule has 0 fully saturated rings. The number of carbonyl (C=O) groups is 1. The average Bonchev–Trinajstić information content (AvgIpc) is 3.36. The molecule has 3 aromatic carbocycles. The van der Waals surface area contributed by atoms with Gasteiger partial charge in [-0.1, -0.05) is 24.3 Å². The van der Waals surface area contributed by atoms with Crippen molar-refractivity contribution < 1.29 is 14.3 Å². The molecule has 0 aliphatic carbocycles. The molecule has 35 heavy (non-hydrogen) atoms. The number of anilines is 1. The second-order valence-corrected chi connectivity index (χ2v) is 8.16. The molecule has 0 spiro atoms. The SMILES string of the molecule is CCN(CC)c1nc2cc(C(=O)NCc3ccc4c(c3)OCO4)ccc2c(=O)n1-c1ccccc1. The van der Waals surface area contributed by atoms with Crippen molar-refractivity contribution in [1.82, 2.24) is 14.9 Å². The first-order valence-electron chi connectivity index (χ1n) is 11.6.